The Hall–Kier alpha value is -6.92. The van der Waals surface area contributed by atoms with Gasteiger partial charge >= 0.3 is 35.8 Å². The van der Waals surface area contributed by atoms with Crippen LogP contribution in [0.2, 0.25) is 0 Å². The highest BCUT2D eigenvalue weighted by Crippen LogP contribution is 2.36. The van der Waals surface area contributed by atoms with Gasteiger partial charge in [-0.3, -0.25) is 0 Å². The summed E-state index contributed by atoms with van der Waals surface area (Å²) in [5.41, 5.74) is -0.196. The van der Waals surface area contributed by atoms with Gasteiger partial charge in [-0.05, 0) is 49.3 Å². The lowest BCUT2D eigenvalue weighted by Crippen LogP contribution is -2.49. The van der Waals surface area contributed by atoms with E-state index in [1.54, 1.807) is 20.8 Å². The third-order valence-corrected chi connectivity index (χ3v) is 8.76. The number of allylic oxidation sites excluding steroid dienone is 8. The maximum absolute atomic E-state index is 12.8. The minimum absolute atomic E-state index is 0.138. The molecule has 5 rings (SSSR count). The van der Waals surface area contributed by atoms with Crippen LogP contribution in [0, 0.1) is 13.8 Å². The fourth-order valence-corrected chi connectivity index (χ4v) is 5.76. The Morgan fingerprint density at radius 2 is 1.00 bits per heavy atom. The summed E-state index contributed by atoms with van der Waals surface area (Å²) in [4.78, 5) is 75.0. The second-order valence-corrected chi connectivity index (χ2v) is 13.1. The van der Waals surface area contributed by atoms with E-state index >= 15 is 0 Å². The molecule has 18 heteroatoms. The zero-order valence-corrected chi connectivity index (χ0v) is 32.6. The Balaban J connectivity index is 1.20. The lowest BCUT2D eigenvalue weighted by Gasteiger charge is -2.36. The van der Waals surface area contributed by atoms with Gasteiger partial charge in [-0.1, -0.05) is 55.5 Å². The highest BCUT2D eigenvalue weighted by molar-refractivity contribution is 6.16. The van der Waals surface area contributed by atoms with Crippen LogP contribution >= 0.6 is 0 Å². The highest BCUT2D eigenvalue weighted by atomic mass is 16.8. The van der Waals surface area contributed by atoms with Crippen molar-refractivity contribution >= 4 is 35.8 Å². The molecule has 4 heterocycles. The van der Waals surface area contributed by atoms with Crippen LogP contribution < -0.4 is 10.2 Å². The molecule has 2 saturated heterocycles. The normalized spacial score (nSPS) is 25.2. The Morgan fingerprint density at radius 1 is 0.593 bits per heavy atom. The molecule has 0 spiro atoms. The largest absolute Gasteiger partial charge is 0.573 e. The molecule has 1 aromatic rings. The van der Waals surface area contributed by atoms with Gasteiger partial charge in [0.2, 0.25) is 0 Å². The zero-order valence-electron chi connectivity index (χ0n) is 32.6. The number of rotatable bonds is 13. The van der Waals surface area contributed by atoms with Gasteiger partial charge in [0.1, 0.15) is 24.4 Å². The van der Waals surface area contributed by atoms with Gasteiger partial charge in [0, 0.05) is 38.7 Å². The van der Waals surface area contributed by atoms with Crippen LogP contribution in [-0.4, -0.2) is 74.8 Å². The molecular weight excluding hydrogens is 780 g/mol. The fourth-order valence-electron chi connectivity index (χ4n) is 5.76. The predicted molar refractivity (Wildman–Crippen MR) is 192 cm³/mol. The molecule has 0 amide bonds. The number of benzene rings is 1. The van der Waals surface area contributed by atoms with Gasteiger partial charge < -0.3 is 57.6 Å². The molecule has 4 aliphatic heterocycles. The summed E-state index contributed by atoms with van der Waals surface area (Å²) in [5, 5.41) is 25.7. The topological polar surface area (TPSA) is 241 Å². The summed E-state index contributed by atoms with van der Waals surface area (Å²) in [6, 6.07) is 3.04. The maximum atomic E-state index is 12.8. The van der Waals surface area contributed by atoms with E-state index in [1.807, 2.05) is 0 Å². The Labute approximate surface area is 336 Å². The fraction of sp³-hybridized carbons (Fsp3) is 0.317. The molecule has 2 fully saturated rings. The summed E-state index contributed by atoms with van der Waals surface area (Å²) < 4.78 is 52.2. The minimum atomic E-state index is -1.56. The van der Waals surface area contributed by atoms with Gasteiger partial charge in [0.25, 0.3) is 11.6 Å². The summed E-state index contributed by atoms with van der Waals surface area (Å²) >= 11 is 0. The number of methoxy groups -OCH3 is 2. The average molecular weight is 819 g/mol. The van der Waals surface area contributed by atoms with Crippen LogP contribution in [0.5, 0.6) is 0 Å². The zero-order chi connectivity index (χ0) is 43.1. The first-order valence-electron chi connectivity index (χ1n) is 17.7. The van der Waals surface area contributed by atoms with Crippen molar-refractivity contribution in [2.75, 3.05) is 27.4 Å². The van der Waals surface area contributed by atoms with E-state index in [1.165, 1.54) is 69.7 Å². The lowest BCUT2D eigenvalue weighted by molar-refractivity contribution is -0.383. The van der Waals surface area contributed by atoms with E-state index in [9.17, 15) is 39.0 Å². The summed E-state index contributed by atoms with van der Waals surface area (Å²) in [5.74, 6) is -10.7. The number of ether oxygens (including phenoxy) is 10. The highest BCUT2D eigenvalue weighted by Gasteiger charge is 2.45. The van der Waals surface area contributed by atoms with Gasteiger partial charge in [-0.25, -0.2) is 28.8 Å². The number of esters is 6. The summed E-state index contributed by atoms with van der Waals surface area (Å²) in [7, 11) is 2.72. The number of hydrogen-bond donors (Lipinski definition) is 0. The van der Waals surface area contributed by atoms with Crippen LogP contribution in [-0.2, 0) is 76.1 Å². The Morgan fingerprint density at radius 3 is 1.37 bits per heavy atom. The molecule has 0 N–H and O–H groups in total. The van der Waals surface area contributed by atoms with Crippen LogP contribution in [0.3, 0.4) is 0 Å². The molecule has 18 nitrogen and oxygen atoms in total. The van der Waals surface area contributed by atoms with Crippen LogP contribution in [0.25, 0.3) is 0 Å². The van der Waals surface area contributed by atoms with E-state index in [-0.39, 0.29) is 41.9 Å². The number of carbonyl (C=O) groups excluding carboxylic acids is 6. The Kier molecular flexibility index (Phi) is 13.3. The van der Waals surface area contributed by atoms with E-state index in [4.69, 9.17) is 47.4 Å². The minimum Gasteiger partial charge on any atom is -0.573 e. The molecule has 0 saturated carbocycles. The van der Waals surface area contributed by atoms with Gasteiger partial charge in [-0.15, -0.1) is 0 Å². The smallest absolute Gasteiger partial charge is 0.348 e. The quantitative estimate of drug-likeness (QED) is 0.0909. The van der Waals surface area contributed by atoms with E-state index in [0.717, 1.165) is 24.3 Å². The molecular formula is C41H38O18-2. The number of aryl methyl sites for hydroxylation is 2. The van der Waals surface area contributed by atoms with Crippen molar-refractivity contribution in [1.82, 2.24) is 0 Å². The second kappa shape index (κ2) is 18.1. The van der Waals surface area contributed by atoms with Crippen molar-refractivity contribution in [3.8, 4) is 0 Å². The van der Waals surface area contributed by atoms with Crippen molar-refractivity contribution < 1.29 is 86.3 Å². The first-order valence-corrected chi connectivity index (χ1v) is 17.7. The number of cyclic esters (lactones) is 6. The molecule has 0 aromatic heterocycles. The molecule has 0 radical (unpaired) electrons. The number of hydrogen-bond acceptors (Lipinski definition) is 18. The van der Waals surface area contributed by atoms with Crippen LogP contribution in [0.1, 0.15) is 55.1 Å². The monoisotopic (exact) mass is 818 g/mol. The second-order valence-electron chi connectivity index (χ2n) is 13.1. The standard InChI is InChI=1S/C41H40O18/c1-7-41(21-51-6)58-36(48)27(37(49)59-41)17-13-9-11-15-25-32(44)54-39(55-33(25)45)29-19-22(2)28(18-23(29)3)38-52-30(42)24(31(43)53-38)14-10-8-12-16-26-34(46)56-40(4,20-50-5)57-35(26)47/h8-19,38-39,42,44H,7,20-21H2,1-6H3/p-2/b12-8+,13-9+,14-10+,15-11+,26-16?,27-17?. The van der Waals surface area contributed by atoms with E-state index < -0.39 is 83.0 Å². The number of carbonyl (C=O) groups is 6. The van der Waals surface area contributed by atoms with Gasteiger partial charge in [-0.2, -0.15) is 0 Å². The van der Waals surface area contributed by atoms with Crippen molar-refractivity contribution in [2.24, 2.45) is 0 Å². The average Bonchev–Trinajstić information content (AvgIpc) is 3.15. The van der Waals surface area contributed by atoms with Crippen molar-refractivity contribution in [3.63, 3.8) is 0 Å². The van der Waals surface area contributed by atoms with Gasteiger partial charge in [0.05, 0.1) is 23.0 Å². The predicted octanol–water partition coefficient (Wildman–Crippen LogP) is 1.98. The third-order valence-electron chi connectivity index (χ3n) is 8.76. The van der Waals surface area contributed by atoms with Crippen LogP contribution in [0.4, 0.5) is 0 Å². The van der Waals surface area contributed by atoms with Crippen molar-refractivity contribution in [2.45, 2.75) is 58.3 Å². The molecule has 59 heavy (non-hydrogen) atoms. The van der Waals surface area contributed by atoms with E-state index in [2.05, 4.69) is 0 Å². The molecule has 2 unspecified atom stereocenters. The SMILES string of the molecule is CCC1(COC)OC(=O)C(=C/C=C/C=C/C2=C([O-])OC(c3cc(C)c(C4OC(=O)C(/C=C/C=C/C=C5C(=O)OC(C)(COC)OC5=O)=C([O-])O4)cc3C)OC2=O)C(=O)O1. The summed E-state index contributed by atoms with van der Waals surface area (Å²) in [6.45, 7) is 5.95. The molecule has 4 aliphatic rings. The van der Waals surface area contributed by atoms with Crippen molar-refractivity contribution in [1.29, 1.82) is 0 Å². The first-order chi connectivity index (χ1) is 28.0. The lowest BCUT2D eigenvalue weighted by atomic mass is 9.98. The molecule has 1 aromatic carbocycles. The molecule has 2 atom stereocenters. The molecule has 0 aliphatic carbocycles. The van der Waals surface area contributed by atoms with Crippen LogP contribution in [0.15, 0.2) is 107 Å². The third kappa shape index (κ3) is 9.79. The van der Waals surface area contributed by atoms with Gasteiger partial charge in [0.15, 0.2) is 12.6 Å². The Bertz CT molecular complexity index is 2140. The van der Waals surface area contributed by atoms with E-state index in [0.29, 0.717) is 11.1 Å². The molecule has 312 valence electrons. The summed E-state index contributed by atoms with van der Waals surface area (Å²) in [6.07, 6.45) is 9.67. The van der Waals surface area contributed by atoms with Crippen molar-refractivity contribution in [3.05, 3.63) is 129 Å². The molecule has 0 bridgehead atoms. The maximum Gasteiger partial charge on any atom is 0.348 e. The first kappa shape index (κ1) is 43.2.